The van der Waals surface area contributed by atoms with Crippen LogP contribution in [0.4, 0.5) is 0 Å². The van der Waals surface area contributed by atoms with E-state index in [1.54, 1.807) is 0 Å². The normalized spacial score (nSPS) is 45.8. The summed E-state index contributed by atoms with van der Waals surface area (Å²) in [5.41, 5.74) is 1.07. The smallest absolute Gasteiger partial charge is 0.0811 e. The largest absolute Gasteiger partial charge is 0.393 e. The molecule has 0 aromatic rings. The van der Waals surface area contributed by atoms with Crippen molar-refractivity contribution in [2.75, 3.05) is 40.8 Å². The summed E-state index contributed by atoms with van der Waals surface area (Å²) in [6.45, 7) is 9.54. The van der Waals surface area contributed by atoms with Gasteiger partial charge in [0.15, 0.2) is 0 Å². The summed E-state index contributed by atoms with van der Waals surface area (Å²) in [5, 5.41) is 24.6. The molecule has 5 heteroatoms. The maximum absolute atomic E-state index is 12.3. The molecule has 0 heterocycles. The zero-order valence-electron chi connectivity index (χ0n) is 22.1. The lowest BCUT2D eigenvalue weighted by molar-refractivity contribution is -0.207. The van der Waals surface area contributed by atoms with Crippen molar-refractivity contribution in [1.29, 1.82) is 0 Å². The second kappa shape index (κ2) is 9.54. The molecule has 4 rings (SSSR count). The molecule has 0 aromatic heterocycles. The minimum absolute atomic E-state index is 0.0306. The fourth-order valence-corrected chi connectivity index (χ4v) is 8.68. The second-order valence-corrected chi connectivity index (χ2v) is 12.9. The molecule has 8 atom stereocenters. The molecule has 2 N–H and O–H groups in total. The van der Waals surface area contributed by atoms with Gasteiger partial charge in [0, 0.05) is 25.6 Å². The Kier molecular flexibility index (Phi) is 7.41. The van der Waals surface area contributed by atoms with Crippen LogP contribution < -0.4 is 0 Å². The molecular formula is C28H50N2O3. The van der Waals surface area contributed by atoms with Gasteiger partial charge in [0.05, 0.1) is 18.3 Å². The molecular weight excluding hydrogens is 412 g/mol. The number of allylic oxidation sites excluding steroid dienone is 1. The van der Waals surface area contributed by atoms with Crippen LogP contribution in [-0.2, 0) is 4.84 Å². The molecule has 33 heavy (non-hydrogen) atoms. The SMILES string of the molecule is C/C(=C\C1CC[C@@]2(O)[C@@H]3CCC4CC(O)CC[C@]4(C)[C@@H]3CC[C@]12C)CN(C)OCCN(C)C. The number of nitrogens with zero attached hydrogens (tertiary/aromatic N) is 2. The summed E-state index contributed by atoms with van der Waals surface area (Å²) in [5.74, 6) is 2.11. The first-order chi connectivity index (χ1) is 15.5. The van der Waals surface area contributed by atoms with Crippen molar-refractivity contribution in [3.05, 3.63) is 11.6 Å². The number of hydrogen-bond acceptors (Lipinski definition) is 5. The third-order valence-electron chi connectivity index (χ3n) is 10.7. The molecule has 0 aliphatic heterocycles. The van der Waals surface area contributed by atoms with Crippen LogP contribution in [0, 0.1) is 34.5 Å². The van der Waals surface area contributed by atoms with Gasteiger partial charge in [-0.05, 0) is 108 Å². The van der Waals surface area contributed by atoms with E-state index < -0.39 is 5.60 Å². The van der Waals surface area contributed by atoms with Gasteiger partial charge in [-0.2, -0.15) is 5.06 Å². The number of aliphatic hydroxyl groups excluding tert-OH is 1. The number of fused-ring (bicyclic) bond motifs is 5. The molecule has 0 radical (unpaired) electrons. The fraction of sp³-hybridized carbons (Fsp3) is 0.929. The van der Waals surface area contributed by atoms with Crippen LogP contribution in [0.25, 0.3) is 0 Å². The number of aliphatic hydroxyl groups is 2. The first-order valence-corrected chi connectivity index (χ1v) is 13.6. The molecule has 4 aliphatic carbocycles. The van der Waals surface area contributed by atoms with Crippen LogP contribution in [0.3, 0.4) is 0 Å². The van der Waals surface area contributed by atoms with Crippen LogP contribution in [-0.4, -0.2) is 72.7 Å². The molecule has 0 aromatic carbocycles. The number of likely N-dealkylation sites (N-methyl/N-ethyl adjacent to an activating group) is 2. The Morgan fingerprint density at radius 2 is 1.76 bits per heavy atom. The summed E-state index contributed by atoms with van der Waals surface area (Å²) in [4.78, 5) is 8.00. The highest BCUT2D eigenvalue weighted by Crippen LogP contribution is 2.69. The molecule has 5 nitrogen and oxygen atoms in total. The summed E-state index contributed by atoms with van der Waals surface area (Å²) < 4.78 is 0. The number of hydrogen-bond donors (Lipinski definition) is 2. The standard InChI is InChI=1S/C28H50N2O3/c1-20(19-30(6)33-16-15-29(4)5)17-22-9-14-28(32)25-8-7-21-18-23(31)10-12-26(21,2)24(25)11-13-27(22,28)3/h17,21-25,31-32H,7-16,18-19H2,1-6H3/b20-17+/t21?,22?,23?,24-,25-,26+,27-,28-/m1/s1. The van der Waals surface area contributed by atoms with E-state index in [1.807, 2.05) is 12.1 Å². The lowest BCUT2D eigenvalue weighted by Gasteiger charge is -2.63. The van der Waals surface area contributed by atoms with Gasteiger partial charge in [0.25, 0.3) is 0 Å². The van der Waals surface area contributed by atoms with Crippen LogP contribution in [0.2, 0.25) is 0 Å². The summed E-state index contributed by atoms with van der Waals surface area (Å²) >= 11 is 0. The van der Waals surface area contributed by atoms with Gasteiger partial charge in [-0.1, -0.05) is 25.5 Å². The zero-order chi connectivity index (χ0) is 24.0. The zero-order valence-corrected chi connectivity index (χ0v) is 22.1. The highest BCUT2D eigenvalue weighted by atomic mass is 16.7. The first kappa shape index (κ1) is 25.6. The predicted octanol–water partition coefficient (Wildman–Crippen LogP) is 4.49. The lowest BCUT2D eigenvalue weighted by atomic mass is 9.43. The maximum Gasteiger partial charge on any atom is 0.0811 e. The third kappa shape index (κ3) is 4.58. The maximum atomic E-state index is 12.3. The quantitative estimate of drug-likeness (QED) is 0.431. The summed E-state index contributed by atoms with van der Waals surface area (Å²) in [6.07, 6.45) is 12.1. The first-order valence-electron chi connectivity index (χ1n) is 13.6. The second-order valence-electron chi connectivity index (χ2n) is 12.9. The molecule has 0 amide bonds. The van der Waals surface area contributed by atoms with Gasteiger partial charge in [0.1, 0.15) is 0 Å². The van der Waals surface area contributed by atoms with E-state index in [4.69, 9.17) is 4.84 Å². The van der Waals surface area contributed by atoms with Crippen LogP contribution >= 0.6 is 0 Å². The van der Waals surface area contributed by atoms with Crippen molar-refractivity contribution in [2.24, 2.45) is 34.5 Å². The van der Waals surface area contributed by atoms with E-state index in [0.717, 1.165) is 58.0 Å². The minimum Gasteiger partial charge on any atom is -0.393 e. The third-order valence-corrected chi connectivity index (χ3v) is 10.7. The Labute approximate surface area is 202 Å². The highest BCUT2D eigenvalue weighted by molar-refractivity contribution is 5.21. The van der Waals surface area contributed by atoms with Gasteiger partial charge in [-0.15, -0.1) is 0 Å². The summed E-state index contributed by atoms with van der Waals surface area (Å²) in [6, 6.07) is 0. The van der Waals surface area contributed by atoms with Gasteiger partial charge in [0.2, 0.25) is 0 Å². The Balaban J connectivity index is 1.45. The van der Waals surface area contributed by atoms with Gasteiger partial charge >= 0.3 is 0 Å². The van der Waals surface area contributed by atoms with Crippen LogP contribution in [0.5, 0.6) is 0 Å². The molecule has 4 aliphatic rings. The van der Waals surface area contributed by atoms with Crippen LogP contribution in [0.15, 0.2) is 11.6 Å². The molecule has 0 saturated heterocycles. The average Bonchev–Trinajstić information content (AvgIpc) is 2.99. The van der Waals surface area contributed by atoms with E-state index in [1.165, 1.54) is 18.4 Å². The molecule has 3 unspecified atom stereocenters. The Bertz CT molecular complexity index is 726. The van der Waals surface area contributed by atoms with E-state index in [9.17, 15) is 10.2 Å². The van der Waals surface area contributed by atoms with Crippen molar-refractivity contribution in [3.63, 3.8) is 0 Å². The van der Waals surface area contributed by atoms with Gasteiger partial charge in [-0.3, -0.25) is 4.84 Å². The minimum atomic E-state index is -0.546. The van der Waals surface area contributed by atoms with Crippen LogP contribution in [0.1, 0.15) is 78.6 Å². The molecule has 4 fully saturated rings. The Morgan fingerprint density at radius 3 is 2.48 bits per heavy atom. The van der Waals surface area contributed by atoms with Crippen molar-refractivity contribution >= 4 is 0 Å². The van der Waals surface area contributed by atoms with E-state index in [0.29, 0.717) is 35.7 Å². The average molecular weight is 463 g/mol. The van der Waals surface area contributed by atoms with E-state index in [-0.39, 0.29) is 11.5 Å². The van der Waals surface area contributed by atoms with Crippen molar-refractivity contribution in [3.8, 4) is 0 Å². The fourth-order valence-electron chi connectivity index (χ4n) is 8.68. The monoisotopic (exact) mass is 462 g/mol. The Hall–Kier alpha value is -0.460. The predicted molar refractivity (Wildman–Crippen MR) is 134 cm³/mol. The molecule has 4 saturated carbocycles. The van der Waals surface area contributed by atoms with Crippen molar-refractivity contribution in [1.82, 2.24) is 9.96 Å². The lowest BCUT2D eigenvalue weighted by Crippen LogP contribution is -2.62. The molecule has 0 spiro atoms. The van der Waals surface area contributed by atoms with E-state index >= 15 is 0 Å². The number of hydroxylamine groups is 2. The van der Waals surface area contributed by atoms with Crippen molar-refractivity contribution in [2.45, 2.75) is 90.3 Å². The number of rotatable bonds is 7. The van der Waals surface area contributed by atoms with E-state index in [2.05, 4.69) is 45.8 Å². The van der Waals surface area contributed by atoms with Gasteiger partial charge in [-0.25, -0.2) is 0 Å². The highest BCUT2D eigenvalue weighted by Gasteiger charge is 2.66. The summed E-state index contributed by atoms with van der Waals surface area (Å²) in [7, 11) is 6.15. The van der Waals surface area contributed by atoms with Crippen molar-refractivity contribution < 1.29 is 15.1 Å². The topological polar surface area (TPSA) is 56.2 Å². The van der Waals surface area contributed by atoms with Gasteiger partial charge < -0.3 is 15.1 Å². The molecule has 0 bridgehead atoms. The Morgan fingerprint density at radius 1 is 1.00 bits per heavy atom. The molecule has 190 valence electrons.